The largest absolute Gasteiger partial charge is 0.394 e. The number of aliphatic hydroxyl groups is 3. The van der Waals surface area contributed by atoms with E-state index >= 15 is 0 Å². The average molecular weight is 214 g/mol. The fraction of sp³-hybridized carbons (Fsp3) is 0.667. The Bertz CT molecular complexity index is 281. The Balaban J connectivity index is 2.04. The van der Waals surface area contributed by atoms with E-state index in [1.54, 1.807) is 23.4 Å². The zero-order valence-electron chi connectivity index (χ0n) is 8.10. The van der Waals surface area contributed by atoms with Crippen LogP contribution < -0.4 is 0 Å². The summed E-state index contributed by atoms with van der Waals surface area (Å²) in [6.07, 6.45) is 1.64. The minimum Gasteiger partial charge on any atom is -0.394 e. The first-order valence-electron chi connectivity index (χ1n) is 4.79. The molecule has 0 radical (unpaired) electrons. The molecule has 1 fully saturated rings. The minimum atomic E-state index is -1.06. The topological polar surface area (TPSA) is 85.5 Å². The summed E-state index contributed by atoms with van der Waals surface area (Å²) in [7, 11) is 0. The molecule has 6 heteroatoms. The van der Waals surface area contributed by atoms with Crippen LogP contribution in [0.5, 0.6) is 0 Å². The quantitative estimate of drug-likeness (QED) is 0.509. The van der Waals surface area contributed by atoms with Crippen LogP contribution in [0.3, 0.4) is 0 Å². The van der Waals surface area contributed by atoms with Crippen molar-refractivity contribution in [3.63, 3.8) is 0 Å². The first kappa shape index (κ1) is 10.6. The van der Waals surface area contributed by atoms with Crippen molar-refractivity contribution in [3.8, 4) is 0 Å². The van der Waals surface area contributed by atoms with E-state index in [0.717, 1.165) is 0 Å². The van der Waals surface area contributed by atoms with Gasteiger partial charge in [0.05, 0.1) is 6.61 Å². The van der Waals surface area contributed by atoms with Gasteiger partial charge in [0.25, 0.3) is 0 Å². The van der Waals surface area contributed by atoms with E-state index < -0.39 is 24.5 Å². The summed E-state index contributed by atoms with van der Waals surface area (Å²) in [5.41, 5.74) is 0. The van der Waals surface area contributed by atoms with Crippen LogP contribution in [0.25, 0.3) is 0 Å². The van der Waals surface area contributed by atoms with Gasteiger partial charge in [-0.3, -0.25) is 4.99 Å². The second-order valence-corrected chi connectivity index (χ2v) is 3.56. The van der Waals surface area contributed by atoms with Crippen LogP contribution in [-0.2, 0) is 4.74 Å². The van der Waals surface area contributed by atoms with E-state index in [-0.39, 0.29) is 6.61 Å². The van der Waals surface area contributed by atoms with Crippen molar-refractivity contribution >= 4 is 6.21 Å². The van der Waals surface area contributed by atoms with Gasteiger partial charge in [-0.05, 0) is 6.08 Å². The molecule has 4 atom stereocenters. The molecule has 0 aromatic carbocycles. The highest BCUT2D eigenvalue weighted by molar-refractivity contribution is 5.71. The summed E-state index contributed by atoms with van der Waals surface area (Å²) in [6, 6.07) is 0. The maximum absolute atomic E-state index is 9.70. The van der Waals surface area contributed by atoms with E-state index in [9.17, 15) is 10.2 Å². The summed E-state index contributed by atoms with van der Waals surface area (Å²) in [5.74, 6) is 0. The Hall–Kier alpha value is -0.950. The molecule has 2 rings (SSSR count). The highest BCUT2D eigenvalue weighted by atomic mass is 16.6. The van der Waals surface area contributed by atoms with Gasteiger partial charge in [0.15, 0.2) is 6.23 Å². The van der Waals surface area contributed by atoms with Crippen LogP contribution in [0.4, 0.5) is 0 Å². The molecule has 0 aromatic heterocycles. The highest BCUT2D eigenvalue weighted by Crippen LogP contribution is 2.24. The predicted molar refractivity (Wildman–Crippen MR) is 52.1 cm³/mol. The zero-order chi connectivity index (χ0) is 10.8. The summed E-state index contributed by atoms with van der Waals surface area (Å²) < 4.78 is 5.33. The Morgan fingerprint density at radius 1 is 1.40 bits per heavy atom. The van der Waals surface area contributed by atoms with E-state index in [1.807, 2.05) is 0 Å². The summed E-state index contributed by atoms with van der Waals surface area (Å²) in [6.45, 7) is 0.0681. The number of aliphatic imine (C=N–C) groups is 1. The normalized spacial score (nSPS) is 40.1. The van der Waals surface area contributed by atoms with Crippen LogP contribution in [-0.4, -0.2) is 64.2 Å². The molecule has 0 bridgehead atoms. The van der Waals surface area contributed by atoms with Gasteiger partial charge in [-0.25, -0.2) is 0 Å². The van der Waals surface area contributed by atoms with E-state index in [1.165, 1.54) is 0 Å². The van der Waals surface area contributed by atoms with Crippen LogP contribution >= 0.6 is 0 Å². The molecule has 1 saturated heterocycles. The average Bonchev–Trinajstić information content (AvgIpc) is 2.57. The van der Waals surface area contributed by atoms with Gasteiger partial charge < -0.3 is 25.0 Å². The first-order chi connectivity index (χ1) is 7.24. The van der Waals surface area contributed by atoms with Crippen molar-refractivity contribution in [2.24, 2.45) is 4.99 Å². The lowest BCUT2D eigenvalue weighted by Gasteiger charge is -2.28. The van der Waals surface area contributed by atoms with Crippen molar-refractivity contribution in [2.45, 2.75) is 24.5 Å². The summed E-state index contributed by atoms with van der Waals surface area (Å²) in [4.78, 5) is 5.66. The van der Waals surface area contributed by atoms with E-state index in [4.69, 9.17) is 9.84 Å². The Labute approximate surface area is 87.1 Å². The molecule has 0 aromatic rings. The van der Waals surface area contributed by atoms with Gasteiger partial charge in [-0.15, -0.1) is 0 Å². The fourth-order valence-corrected chi connectivity index (χ4v) is 1.72. The fourth-order valence-electron chi connectivity index (χ4n) is 1.72. The number of aliphatic hydroxyl groups excluding tert-OH is 3. The highest BCUT2D eigenvalue weighted by Gasteiger charge is 2.44. The monoisotopic (exact) mass is 214 g/mol. The van der Waals surface area contributed by atoms with E-state index in [2.05, 4.69) is 4.99 Å². The maximum atomic E-state index is 9.70. The van der Waals surface area contributed by atoms with Gasteiger partial charge in [0.2, 0.25) is 0 Å². The zero-order valence-corrected chi connectivity index (χ0v) is 8.10. The molecule has 3 N–H and O–H groups in total. The van der Waals surface area contributed by atoms with Crippen LogP contribution in [0.1, 0.15) is 0 Å². The molecule has 6 nitrogen and oxygen atoms in total. The molecular weight excluding hydrogens is 200 g/mol. The van der Waals surface area contributed by atoms with Gasteiger partial charge in [0.1, 0.15) is 25.0 Å². The molecule has 84 valence electrons. The molecule has 0 spiro atoms. The number of hydrogen-bond donors (Lipinski definition) is 3. The lowest BCUT2D eigenvalue weighted by atomic mass is 10.1. The lowest BCUT2D eigenvalue weighted by Crippen LogP contribution is -2.42. The number of rotatable bonds is 2. The Morgan fingerprint density at radius 2 is 2.20 bits per heavy atom. The molecule has 15 heavy (non-hydrogen) atoms. The van der Waals surface area contributed by atoms with E-state index in [0.29, 0.717) is 6.67 Å². The van der Waals surface area contributed by atoms with Crippen LogP contribution in [0, 0.1) is 0 Å². The molecular formula is C9H14N2O4. The Kier molecular flexibility index (Phi) is 3.01. The summed E-state index contributed by atoms with van der Waals surface area (Å²) >= 11 is 0. The van der Waals surface area contributed by atoms with Crippen molar-refractivity contribution in [3.05, 3.63) is 12.3 Å². The van der Waals surface area contributed by atoms with Gasteiger partial charge >= 0.3 is 0 Å². The minimum absolute atomic E-state index is 0.310. The molecule has 0 aliphatic carbocycles. The van der Waals surface area contributed by atoms with Crippen molar-refractivity contribution in [1.82, 2.24) is 4.90 Å². The third kappa shape index (κ3) is 1.89. The number of ether oxygens (including phenoxy) is 1. The van der Waals surface area contributed by atoms with Crippen molar-refractivity contribution < 1.29 is 20.1 Å². The Morgan fingerprint density at radius 3 is 2.73 bits per heavy atom. The van der Waals surface area contributed by atoms with Gasteiger partial charge in [-0.2, -0.15) is 0 Å². The van der Waals surface area contributed by atoms with Crippen LogP contribution in [0.2, 0.25) is 0 Å². The number of nitrogens with zero attached hydrogens (tertiary/aromatic N) is 2. The van der Waals surface area contributed by atoms with Crippen molar-refractivity contribution in [2.75, 3.05) is 13.3 Å². The second kappa shape index (κ2) is 4.28. The third-order valence-corrected chi connectivity index (χ3v) is 2.56. The summed E-state index contributed by atoms with van der Waals surface area (Å²) in [5, 5.41) is 28.1. The maximum Gasteiger partial charge on any atom is 0.160 e. The van der Waals surface area contributed by atoms with Gasteiger partial charge in [0, 0.05) is 12.4 Å². The smallest absolute Gasteiger partial charge is 0.160 e. The molecule has 0 amide bonds. The molecule has 0 saturated carbocycles. The number of hydrogen-bond acceptors (Lipinski definition) is 6. The van der Waals surface area contributed by atoms with Crippen molar-refractivity contribution in [1.29, 1.82) is 0 Å². The van der Waals surface area contributed by atoms with Crippen LogP contribution in [0.15, 0.2) is 17.3 Å². The molecule has 2 aliphatic rings. The predicted octanol–water partition coefficient (Wildman–Crippen LogP) is -1.72. The second-order valence-electron chi connectivity index (χ2n) is 3.56. The molecule has 2 aliphatic heterocycles. The van der Waals surface area contributed by atoms with Gasteiger partial charge in [-0.1, -0.05) is 0 Å². The lowest BCUT2D eigenvalue weighted by molar-refractivity contribution is -0.0790. The first-order valence-corrected chi connectivity index (χ1v) is 4.79. The standard InChI is InChI=1S/C9H14N2O4/c12-4-6-7(13)8(14)9(15-6)11-3-1-2-10-5-11/h1-3,6-9,12-14H,4-5H2/t6-,7-,8+,9?/m1/s1. The molecule has 1 unspecified atom stereocenters. The number of allylic oxidation sites excluding steroid dienone is 1. The third-order valence-electron chi connectivity index (χ3n) is 2.56. The molecule has 2 heterocycles. The SMILES string of the molecule is OC[C@H]1OC(N2C=CC=NC2)[C@@H](O)[C@@H]1O.